The van der Waals surface area contributed by atoms with Gasteiger partial charge in [-0.3, -0.25) is 9.59 Å². The fourth-order valence-electron chi connectivity index (χ4n) is 3.68. The monoisotopic (exact) mass is 570 g/mol. The number of aromatic nitrogens is 2. The number of phenolic OH excluding ortho intramolecular Hbond substituents is 1. The van der Waals surface area contributed by atoms with Crippen LogP contribution in [0.3, 0.4) is 0 Å². The molecule has 12 heteroatoms. The summed E-state index contributed by atoms with van der Waals surface area (Å²) in [6, 6.07) is 9.91. The largest absolute Gasteiger partial charge is 0.503 e. The Bertz CT molecular complexity index is 1640. The molecule has 4 aromatic rings. The van der Waals surface area contributed by atoms with Crippen molar-refractivity contribution in [1.29, 1.82) is 0 Å². The van der Waals surface area contributed by atoms with Gasteiger partial charge in [0.25, 0.3) is 11.5 Å². The summed E-state index contributed by atoms with van der Waals surface area (Å²) < 4.78 is 12.2. The number of nitrogens with one attached hydrogen (secondary N) is 2. The van der Waals surface area contributed by atoms with Gasteiger partial charge >= 0.3 is 6.09 Å². The molecule has 2 amide bonds. The van der Waals surface area contributed by atoms with Crippen LogP contribution in [0, 0.1) is 0 Å². The van der Waals surface area contributed by atoms with Crippen molar-refractivity contribution in [3.05, 3.63) is 73.6 Å². The predicted octanol–water partition coefficient (Wildman–Crippen LogP) is 3.59. The number of rotatable bonds is 7. The summed E-state index contributed by atoms with van der Waals surface area (Å²) in [6.45, 7) is 5.76. The minimum Gasteiger partial charge on any atom is -0.503 e. The van der Waals surface area contributed by atoms with E-state index in [0.717, 1.165) is 0 Å². The molecule has 0 spiro atoms. The third-order valence-corrected chi connectivity index (χ3v) is 6.71. The molecule has 2 aromatic heterocycles. The summed E-state index contributed by atoms with van der Waals surface area (Å²) in [6.07, 6.45) is 2.71. The Hall–Kier alpha value is -4.09. The van der Waals surface area contributed by atoms with E-state index in [1.54, 1.807) is 69.4 Å². The maximum absolute atomic E-state index is 13.2. The normalized spacial score (nSPS) is 12.0. The molecule has 0 bridgehead atoms. The molecule has 2 aromatic carbocycles. The Kier molecular flexibility index (Phi) is 8.12. The molecule has 0 aliphatic rings. The predicted molar refractivity (Wildman–Crippen MR) is 150 cm³/mol. The van der Waals surface area contributed by atoms with Crippen LogP contribution in [-0.2, 0) is 4.74 Å². The molecule has 0 aliphatic heterocycles. The first kappa shape index (κ1) is 27.9. The third kappa shape index (κ3) is 6.50. The van der Waals surface area contributed by atoms with E-state index in [0.29, 0.717) is 31.9 Å². The van der Waals surface area contributed by atoms with Gasteiger partial charge in [-0.05, 0) is 56.7 Å². The van der Waals surface area contributed by atoms with Gasteiger partial charge in [0.05, 0.1) is 28.6 Å². The number of imidazole rings is 1. The van der Waals surface area contributed by atoms with Gasteiger partial charge in [-0.25, -0.2) is 14.2 Å². The molecule has 0 radical (unpaired) electrons. The highest BCUT2D eigenvalue weighted by Gasteiger charge is 2.16. The molecule has 0 unspecified atom stereocenters. The van der Waals surface area contributed by atoms with Crippen LogP contribution in [0.1, 0.15) is 36.7 Å². The second-order valence-electron chi connectivity index (χ2n) is 9.49. The number of hydrogen-bond donors (Lipinski definition) is 3. The second kappa shape index (κ2) is 11.3. The summed E-state index contributed by atoms with van der Waals surface area (Å²) in [5, 5.41) is 15.4. The van der Waals surface area contributed by atoms with Crippen LogP contribution in [0.15, 0.2) is 47.4 Å². The average Bonchev–Trinajstić information content (AvgIpc) is 3.42. The number of amides is 2. The molecule has 0 saturated carbocycles. The summed E-state index contributed by atoms with van der Waals surface area (Å²) in [4.78, 5) is 42.3. The van der Waals surface area contributed by atoms with Crippen molar-refractivity contribution in [2.45, 2.75) is 26.4 Å². The summed E-state index contributed by atoms with van der Waals surface area (Å²) in [7, 11) is 1.42. The van der Waals surface area contributed by atoms with Crippen LogP contribution in [0.4, 0.5) is 4.79 Å². The maximum Gasteiger partial charge on any atom is 0.407 e. The number of ether oxygens (including phenoxy) is 2. The van der Waals surface area contributed by atoms with Crippen LogP contribution < -0.4 is 25.5 Å². The maximum atomic E-state index is 13.2. The van der Waals surface area contributed by atoms with Gasteiger partial charge in [0.15, 0.2) is 16.5 Å². The lowest BCUT2D eigenvalue weighted by Gasteiger charge is -2.19. The number of benzene rings is 2. The zero-order chi connectivity index (χ0) is 28.3. The van der Waals surface area contributed by atoms with Crippen molar-refractivity contribution in [3.63, 3.8) is 0 Å². The Labute approximate surface area is 232 Å². The molecule has 0 fully saturated rings. The van der Waals surface area contributed by atoms with Crippen molar-refractivity contribution in [3.8, 4) is 22.8 Å². The van der Waals surface area contributed by atoms with Crippen LogP contribution in [-0.4, -0.2) is 52.3 Å². The fourth-order valence-corrected chi connectivity index (χ4v) is 4.85. The van der Waals surface area contributed by atoms with Gasteiger partial charge in [-0.2, -0.15) is 0 Å². The number of aromatic hydroxyl groups is 1. The van der Waals surface area contributed by atoms with Crippen molar-refractivity contribution in [1.82, 2.24) is 20.0 Å². The molecular formula is C27H27ClN4O6S. The van der Waals surface area contributed by atoms with Gasteiger partial charge in [0.1, 0.15) is 5.60 Å². The topological polar surface area (TPSA) is 131 Å². The first-order chi connectivity index (χ1) is 18.5. The summed E-state index contributed by atoms with van der Waals surface area (Å²) in [5.41, 5.74) is 1.46. The molecular weight excluding hydrogens is 544 g/mol. The molecule has 204 valence electrons. The smallest absolute Gasteiger partial charge is 0.407 e. The van der Waals surface area contributed by atoms with Gasteiger partial charge < -0.3 is 25.2 Å². The van der Waals surface area contributed by atoms with Gasteiger partial charge in [-0.1, -0.05) is 35.1 Å². The third-order valence-electron chi connectivity index (χ3n) is 5.43. The fraction of sp³-hybridized carbons (Fsp3) is 0.259. The van der Waals surface area contributed by atoms with Crippen molar-refractivity contribution < 1.29 is 24.2 Å². The summed E-state index contributed by atoms with van der Waals surface area (Å²) in [5.74, 6) is -0.269. The molecule has 4 rings (SSSR count). The quantitative estimate of drug-likeness (QED) is 0.289. The number of carbonyl (C=O) groups is 2. The highest BCUT2D eigenvalue weighted by atomic mass is 35.5. The summed E-state index contributed by atoms with van der Waals surface area (Å²) >= 11 is 7.29. The number of carbonyl (C=O) groups excluding carboxylic acids is 2. The number of hydrogen-bond acceptors (Lipinski definition) is 8. The van der Waals surface area contributed by atoms with Crippen molar-refractivity contribution in [2.75, 3.05) is 20.2 Å². The highest BCUT2D eigenvalue weighted by molar-refractivity contribution is 7.15. The lowest BCUT2D eigenvalue weighted by molar-refractivity contribution is 0.0526. The molecule has 0 atom stereocenters. The van der Waals surface area contributed by atoms with E-state index < -0.39 is 11.7 Å². The highest BCUT2D eigenvalue weighted by Crippen LogP contribution is 2.35. The standard InChI is InChI=1S/C27H27ClN4O6S/c1-27(2,3)38-26(36)30-10-9-29-23(34)17-7-5-16(6-8-17)19-14-31-25-32(19)24(35)21(39-25)13-15-11-18(28)22(33)20(12-15)37-4/h5-8,11-14,33H,9-10H2,1-4H3,(H,29,34)(H,30,36). The number of halogens is 1. The van der Waals surface area contributed by atoms with E-state index in [4.69, 9.17) is 21.1 Å². The number of phenols is 1. The van der Waals surface area contributed by atoms with E-state index in [9.17, 15) is 19.5 Å². The van der Waals surface area contributed by atoms with E-state index in [-0.39, 0.29) is 41.1 Å². The number of fused-ring (bicyclic) bond motifs is 1. The number of methoxy groups -OCH3 is 1. The van der Waals surface area contributed by atoms with E-state index in [1.165, 1.54) is 22.8 Å². The minimum absolute atomic E-state index is 0.110. The zero-order valence-corrected chi connectivity index (χ0v) is 23.3. The van der Waals surface area contributed by atoms with Gasteiger partial charge in [0, 0.05) is 24.2 Å². The first-order valence-corrected chi connectivity index (χ1v) is 13.1. The number of nitrogens with zero attached hydrogens (tertiary/aromatic N) is 2. The van der Waals surface area contributed by atoms with E-state index >= 15 is 0 Å². The number of thiazole rings is 1. The van der Waals surface area contributed by atoms with Crippen LogP contribution >= 0.6 is 22.9 Å². The number of alkyl carbamates (subject to hydrolysis) is 1. The van der Waals surface area contributed by atoms with Crippen LogP contribution in [0.2, 0.25) is 5.02 Å². The Morgan fingerprint density at radius 3 is 2.51 bits per heavy atom. The molecule has 10 nitrogen and oxygen atoms in total. The Balaban J connectivity index is 1.48. The molecule has 39 heavy (non-hydrogen) atoms. The lowest BCUT2D eigenvalue weighted by Crippen LogP contribution is -2.37. The van der Waals surface area contributed by atoms with Gasteiger partial charge in [-0.15, -0.1) is 0 Å². The lowest BCUT2D eigenvalue weighted by atomic mass is 10.1. The SMILES string of the molecule is COc1cc(C=c2sc3ncc(-c4ccc(C(=O)NCCNC(=O)OC(C)(C)C)cc4)n3c2=O)cc(Cl)c1O. The van der Waals surface area contributed by atoms with Gasteiger partial charge in [0.2, 0.25) is 0 Å². The molecule has 2 heterocycles. The molecule has 3 N–H and O–H groups in total. The Morgan fingerprint density at radius 1 is 1.15 bits per heavy atom. The van der Waals surface area contributed by atoms with Crippen molar-refractivity contribution in [2.24, 2.45) is 0 Å². The second-order valence-corrected chi connectivity index (χ2v) is 10.9. The average molecular weight is 571 g/mol. The molecule has 0 saturated heterocycles. The van der Waals surface area contributed by atoms with Crippen LogP contribution in [0.5, 0.6) is 11.5 Å². The minimum atomic E-state index is -0.596. The van der Waals surface area contributed by atoms with Crippen LogP contribution in [0.25, 0.3) is 22.3 Å². The zero-order valence-electron chi connectivity index (χ0n) is 21.7. The molecule has 0 aliphatic carbocycles. The van der Waals surface area contributed by atoms with E-state index in [1.807, 2.05) is 0 Å². The first-order valence-electron chi connectivity index (χ1n) is 11.9. The van der Waals surface area contributed by atoms with Crippen molar-refractivity contribution >= 4 is 46.0 Å². The van der Waals surface area contributed by atoms with E-state index in [2.05, 4.69) is 15.6 Å². The Morgan fingerprint density at radius 2 is 1.85 bits per heavy atom.